The predicted molar refractivity (Wildman–Crippen MR) is 104 cm³/mol. The van der Waals surface area contributed by atoms with Crippen LogP contribution in [0.4, 0.5) is 26.3 Å². The quantitative estimate of drug-likeness (QED) is 0.488. The summed E-state index contributed by atoms with van der Waals surface area (Å²) in [5.74, 6) is -0.717. The van der Waals surface area contributed by atoms with E-state index in [9.17, 15) is 31.4 Å². The van der Waals surface area contributed by atoms with Crippen molar-refractivity contribution in [3.63, 3.8) is 0 Å². The average molecular weight is 474 g/mol. The molecule has 0 aliphatic heterocycles. The van der Waals surface area contributed by atoms with E-state index < -0.39 is 41.4 Å². The van der Waals surface area contributed by atoms with Crippen LogP contribution in [0.25, 0.3) is 0 Å². The molecular weight excluding hydrogens is 452 g/mol. The number of hydrogen-bond acceptors (Lipinski definition) is 4. The molecule has 0 aliphatic carbocycles. The van der Waals surface area contributed by atoms with Gasteiger partial charge in [-0.25, -0.2) is 0 Å². The van der Waals surface area contributed by atoms with Crippen LogP contribution in [0.1, 0.15) is 36.0 Å². The number of aliphatic hydroxyl groups is 2. The van der Waals surface area contributed by atoms with Gasteiger partial charge < -0.3 is 20.7 Å². The molecule has 11 heteroatoms. The van der Waals surface area contributed by atoms with E-state index in [4.69, 9.17) is 15.6 Å². The average Bonchev–Trinajstić information content (AvgIpc) is 2.66. The van der Waals surface area contributed by atoms with E-state index in [0.29, 0.717) is 12.1 Å². The molecule has 0 heterocycles. The van der Waals surface area contributed by atoms with E-state index in [2.05, 4.69) is 0 Å². The molecule has 0 amide bonds. The number of aliphatic hydroxyl groups excluding tert-OH is 2. The van der Waals surface area contributed by atoms with Crippen LogP contribution in [0, 0.1) is 0 Å². The number of halogens is 7. The fraction of sp³-hybridized carbons (Fsp3) is 0.400. The first-order valence-electron chi connectivity index (χ1n) is 8.93. The molecule has 0 saturated heterocycles. The second kappa shape index (κ2) is 10.5. The lowest BCUT2D eigenvalue weighted by molar-refractivity contribution is -0.143. The van der Waals surface area contributed by atoms with E-state index in [-0.39, 0.29) is 43.2 Å². The van der Waals surface area contributed by atoms with E-state index >= 15 is 0 Å². The first-order valence-corrected chi connectivity index (χ1v) is 8.93. The molecule has 3 unspecified atom stereocenters. The Labute approximate surface area is 181 Å². The summed E-state index contributed by atoms with van der Waals surface area (Å²) >= 11 is 0. The second-order valence-corrected chi connectivity index (χ2v) is 6.96. The second-order valence-electron chi connectivity index (χ2n) is 6.96. The molecule has 2 rings (SSSR count). The molecule has 0 bridgehead atoms. The zero-order chi connectivity index (χ0) is 22.7. The highest BCUT2D eigenvalue weighted by Gasteiger charge is 2.37. The van der Waals surface area contributed by atoms with Gasteiger partial charge in [-0.05, 0) is 48.2 Å². The standard InChI is InChI=1S/C20H21F6NO3.ClH/c1-11(6-18(29)17(27)10-28)12-2-4-15(5-3-12)30-16-8-13(19(21,22)23)7-14(9-16)20(24,25)26;/h2-5,7-9,11,17-18,28-29H,6,10,27H2,1H3;1H. The largest absolute Gasteiger partial charge is 0.457 e. The van der Waals surface area contributed by atoms with Gasteiger partial charge >= 0.3 is 12.4 Å². The number of nitrogens with two attached hydrogens (primary N) is 1. The van der Waals surface area contributed by atoms with Crippen molar-refractivity contribution in [1.82, 2.24) is 0 Å². The summed E-state index contributed by atoms with van der Waals surface area (Å²) in [4.78, 5) is 0. The van der Waals surface area contributed by atoms with Gasteiger partial charge in [-0.15, -0.1) is 12.4 Å². The zero-order valence-electron chi connectivity index (χ0n) is 16.2. The first-order chi connectivity index (χ1) is 13.8. The van der Waals surface area contributed by atoms with Crippen molar-refractivity contribution in [2.24, 2.45) is 5.73 Å². The lowest BCUT2D eigenvalue weighted by atomic mass is 9.92. The van der Waals surface area contributed by atoms with Crippen molar-refractivity contribution in [3.8, 4) is 11.5 Å². The van der Waals surface area contributed by atoms with Crippen LogP contribution in [0.15, 0.2) is 42.5 Å². The maximum Gasteiger partial charge on any atom is 0.416 e. The van der Waals surface area contributed by atoms with E-state index in [1.54, 1.807) is 19.1 Å². The monoisotopic (exact) mass is 473 g/mol. The van der Waals surface area contributed by atoms with Crippen molar-refractivity contribution in [3.05, 3.63) is 59.2 Å². The highest BCUT2D eigenvalue weighted by molar-refractivity contribution is 5.85. The SMILES string of the molecule is CC(CC(O)C(N)CO)c1ccc(Oc2cc(C(F)(F)F)cc(C(F)(F)F)c2)cc1.Cl. The number of hydrogen-bond donors (Lipinski definition) is 3. The summed E-state index contributed by atoms with van der Waals surface area (Å²) in [5.41, 5.74) is 3.37. The highest BCUT2D eigenvalue weighted by atomic mass is 35.5. The normalized spacial score (nSPS) is 15.0. The summed E-state index contributed by atoms with van der Waals surface area (Å²) < 4.78 is 82.8. The van der Waals surface area contributed by atoms with Gasteiger partial charge in [-0.1, -0.05) is 19.1 Å². The topological polar surface area (TPSA) is 75.7 Å². The summed E-state index contributed by atoms with van der Waals surface area (Å²) in [6.45, 7) is 1.42. The summed E-state index contributed by atoms with van der Waals surface area (Å²) in [5, 5.41) is 18.9. The van der Waals surface area contributed by atoms with Gasteiger partial charge in [0.05, 0.1) is 29.9 Å². The molecule has 0 saturated carbocycles. The summed E-state index contributed by atoms with van der Waals surface area (Å²) in [6.07, 6.45) is -10.6. The maximum atomic E-state index is 12.9. The molecular formula is C20H22ClF6NO3. The minimum atomic E-state index is -4.96. The van der Waals surface area contributed by atoms with Crippen LogP contribution >= 0.6 is 12.4 Å². The van der Waals surface area contributed by atoms with E-state index in [1.165, 1.54) is 12.1 Å². The van der Waals surface area contributed by atoms with Gasteiger partial charge in [-0.2, -0.15) is 26.3 Å². The Balaban J connectivity index is 0.00000480. The molecule has 0 radical (unpaired) electrons. The number of ether oxygens (including phenoxy) is 1. The van der Waals surface area contributed by atoms with Crippen LogP contribution in [0.5, 0.6) is 11.5 Å². The fourth-order valence-electron chi connectivity index (χ4n) is 2.78. The van der Waals surface area contributed by atoms with Gasteiger partial charge in [0.25, 0.3) is 0 Å². The zero-order valence-corrected chi connectivity index (χ0v) is 17.1. The molecule has 31 heavy (non-hydrogen) atoms. The smallest absolute Gasteiger partial charge is 0.416 e. The van der Waals surface area contributed by atoms with Crippen LogP contribution < -0.4 is 10.5 Å². The van der Waals surface area contributed by atoms with Crippen LogP contribution in [-0.2, 0) is 12.4 Å². The highest BCUT2D eigenvalue weighted by Crippen LogP contribution is 2.39. The Morgan fingerprint density at radius 3 is 1.81 bits per heavy atom. The third-order valence-electron chi connectivity index (χ3n) is 4.55. The minimum Gasteiger partial charge on any atom is -0.457 e. The molecule has 2 aromatic rings. The van der Waals surface area contributed by atoms with Gasteiger partial charge in [0.2, 0.25) is 0 Å². The molecule has 0 spiro atoms. The van der Waals surface area contributed by atoms with Crippen molar-refractivity contribution in [2.45, 2.75) is 43.8 Å². The van der Waals surface area contributed by atoms with Crippen molar-refractivity contribution in [2.75, 3.05) is 6.61 Å². The first kappa shape index (κ1) is 27.0. The maximum absolute atomic E-state index is 12.9. The van der Waals surface area contributed by atoms with Gasteiger partial charge in [-0.3, -0.25) is 0 Å². The number of benzene rings is 2. The van der Waals surface area contributed by atoms with E-state index in [0.717, 1.165) is 5.56 Å². The van der Waals surface area contributed by atoms with Gasteiger partial charge in [0, 0.05) is 0 Å². The van der Waals surface area contributed by atoms with Crippen LogP contribution in [-0.4, -0.2) is 29.0 Å². The van der Waals surface area contributed by atoms with Gasteiger partial charge in [0.15, 0.2) is 0 Å². The Kier molecular flexibility index (Phi) is 9.19. The molecule has 3 atom stereocenters. The Morgan fingerprint density at radius 1 is 0.903 bits per heavy atom. The molecule has 2 aromatic carbocycles. The summed E-state index contributed by atoms with van der Waals surface area (Å²) in [7, 11) is 0. The number of alkyl halides is 6. The Bertz CT molecular complexity index is 810. The van der Waals surface area contributed by atoms with Crippen molar-refractivity contribution >= 4 is 12.4 Å². The van der Waals surface area contributed by atoms with Gasteiger partial charge in [0.1, 0.15) is 11.5 Å². The molecule has 0 fully saturated rings. The Morgan fingerprint density at radius 2 is 1.39 bits per heavy atom. The molecule has 4 nitrogen and oxygen atoms in total. The van der Waals surface area contributed by atoms with Crippen molar-refractivity contribution < 1.29 is 41.3 Å². The lowest BCUT2D eigenvalue weighted by Crippen LogP contribution is -2.38. The number of rotatable bonds is 7. The molecule has 4 N–H and O–H groups in total. The third-order valence-corrected chi connectivity index (χ3v) is 4.55. The fourth-order valence-corrected chi connectivity index (χ4v) is 2.78. The molecule has 0 aliphatic rings. The predicted octanol–water partition coefficient (Wildman–Crippen LogP) is 5.11. The third kappa shape index (κ3) is 7.57. The minimum absolute atomic E-state index is 0. The summed E-state index contributed by atoms with van der Waals surface area (Å²) in [6, 6.07) is 6.19. The Hall–Kier alpha value is -2.01. The molecule has 0 aromatic heterocycles. The van der Waals surface area contributed by atoms with Crippen molar-refractivity contribution in [1.29, 1.82) is 0 Å². The van der Waals surface area contributed by atoms with Crippen LogP contribution in [0.3, 0.4) is 0 Å². The molecule has 174 valence electrons. The lowest BCUT2D eigenvalue weighted by Gasteiger charge is -2.21. The van der Waals surface area contributed by atoms with Crippen LogP contribution in [0.2, 0.25) is 0 Å². The van der Waals surface area contributed by atoms with E-state index in [1.807, 2.05) is 0 Å².